The van der Waals surface area contributed by atoms with Gasteiger partial charge >= 0.3 is 6.03 Å². The van der Waals surface area contributed by atoms with Gasteiger partial charge in [-0.1, -0.05) is 18.2 Å². The van der Waals surface area contributed by atoms with Gasteiger partial charge in [-0.25, -0.2) is 9.78 Å². The zero-order valence-electron chi connectivity index (χ0n) is 12.3. The number of pyridine rings is 1. The highest BCUT2D eigenvalue weighted by Gasteiger charge is 2.05. The summed E-state index contributed by atoms with van der Waals surface area (Å²) >= 11 is 0. The number of aromatic nitrogens is 1. The molecular weight excluding hydrogens is 264 g/mol. The van der Waals surface area contributed by atoms with Crippen LogP contribution in [0.2, 0.25) is 0 Å². The van der Waals surface area contributed by atoms with Crippen LogP contribution >= 0.6 is 0 Å². The number of carbonyl (C=O) groups is 1. The zero-order valence-corrected chi connectivity index (χ0v) is 12.3. The average Bonchev–Trinajstić information content (AvgIpc) is 2.51. The van der Waals surface area contributed by atoms with E-state index in [1.54, 1.807) is 6.20 Å². The Balaban J connectivity index is 1.95. The molecule has 0 radical (unpaired) electrons. The number of anilines is 3. The van der Waals surface area contributed by atoms with Gasteiger partial charge in [-0.05, 0) is 38.1 Å². The van der Waals surface area contributed by atoms with Gasteiger partial charge in [0.2, 0.25) is 0 Å². The fourth-order valence-corrected chi connectivity index (χ4v) is 2.01. The lowest BCUT2D eigenvalue weighted by atomic mass is 10.3. The highest BCUT2D eigenvalue weighted by molar-refractivity contribution is 5.99. The summed E-state index contributed by atoms with van der Waals surface area (Å²) in [5, 5.41) is 5.52. The molecule has 5 nitrogen and oxygen atoms in total. The van der Waals surface area contributed by atoms with Crippen LogP contribution in [-0.2, 0) is 0 Å². The number of para-hydroxylation sites is 1. The second kappa shape index (κ2) is 7.28. The quantitative estimate of drug-likeness (QED) is 0.882. The molecule has 0 spiro atoms. The Morgan fingerprint density at radius 3 is 2.24 bits per heavy atom. The van der Waals surface area contributed by atoms with Crippen molar-refractivity contribution in [2.45, 2.75) is 13.8 Å². The lowest BCUT2D eigenvalue weighted by Gasteiger charge is -2.19. The first-order valence-electron chi connectivity index (χ1n) is 7.07. The highest BCUT2D eigenvalue weighted by atomic mass is 16.2. The predicted molar refractivity (Wildman–Crippen MR) is 86.9 cm³/mol. The molecular formula is C16H20N4O. The van der Waals surface area contributed by atoms with Gasteiger partial charge in [0, 0.05) is 18.8 Å². The monoisotopic (exact) mass is 284 g/mol. The van der Waals surface area contributed by atoms with E-state index in [0.29, 0.717) is 5.69 Å². The van der Waals surface area contributed by atoms with Gasteiger partial charge in [-0.3, -0.25) is 0 Å². The molecule has 0 unspecified atom stereocenters. The number of nitrogens with zero attached hydrogens (tertiary/aromatic N) is 2. The number of hydrogen-bond donors (Lipinski definition) is 2. The van der Waals surface area contributed by atoms with Crippen molar-refractivity contribution in [2.24, 2.45) is 0 Å². The maximum atomic E-state index is 11.9. The van der Waals surface area contributed by atoms with Crippen molar-refractivity contribution in [1.29, 1.82) is 0 Å². The Kier molecular flexibility index (Phi) is 5.15. The molecule has 1 aromatic heterocycles. The van der Waals surface area contributed by atoms with Crippen molar-refractivity contribution < 1.29 is 4.79 Å². The van der Waals surface area contributed by atoms with Crippen LogP contribution in [0.3, 0.4) is 0 Å². The van der Waals surface area contributed by atoms with Crippen LogP contribution in [0.1, 0.15) is 13.8 Å². The molecule has 0 saturated carbocycles. The standard InChI is InChI=1S/C16H20N4O/c1-3-20(4-2)15-11-10-14(12-17-15)19-16(21)18-13-8-6-5-7-9-13/h5-12H,3-4H2,1-2H3,(H2,18,19,21). The smallest absolute Gasteiger partial charge is 0.323 e. The normalized spacial score (nSPS) is 10.0. The number of carbonyl (C=O) groups excluding carboxylic acids is 1. The summed E-state index contributed by atoms with van der Waals surface area (Å²) in [4.78, 5) is 18.4. The summed E-state index contributed by atoms with van der Waals surface area (Å²) in [5.74, 6) is 0.911. The highest BCUT2D eigenvalue weighted by Crippen LogP contribution is 2.14. The largest absolute Gasteiger partial charge is 0.357 e. The van der Waals surface area contributed by atoms with Crippen molar-refractivity contribution in [2.75, 3.05) is 28.6 Å². The Labute approximate surface area is 125 Å². The fraction of sp³-hybridized carbons (Fsp3) is 0.250. The third kappa shape index (κ3) is 4.21. The first-order valence-corrected chi connectivity index (χ1v) is 7.07. The molecule has 2 rings (SSSR count). The molecule has 110 valence electrons. The molecule has 0 aliphatic carbocycles. The maximum absolute atomic E-state index is 11.9. The fourth-order valence-electron chi connectivity index (χ4n) is 2.01. The second-order valence-electron chi connectivity index (χ2n) is 4.52. The molecule has 0 bridgehead atoms. The Morgan fingerprint density at radius 2 is 1.67 bits per heavy atom. The zero-order chi connectivity index (χ0) is 15.1. The van der Waals surface area contributed by atoms with Crippen molar-refractivity contribution in [3.63, 3.8) is 0 Å². The van der Waals surface area contributed by atoms with Crippen LogP contribution in [0.15, 0.2) is 48.7 Å². The predicted octanol–water partition coefficient (Wildman–Crippen LogP) is 3.57. The van der Waals surface area contributed by atoms with Gasteiger partial charge in [-0.15, -0.1) is 0 Å². The van der Waals surface area contributed by atoms with Crippen molar-refractivity contribution in [3.05, 3.63) is 48.7 Å². The molecule has 2 amide bonds. The minimum atomic E-state index is -0.279. The molecule has 0 atom stereocenters. The summed E-state index contributed by atoms with van der Waals surface area (Å²) in [6.45, 7) is 5.99. The van der Waals surface area contributed by atoms with Crippen LogP contribution in [0, 0.1) is 0 Å². The molecule has 2 aromatic rings. The topological polar surface area (TPSA) is 57.3 Å². The van der Waals surface area contributed by atoms with E-state index in [2.05, 4.69) is 34.4 Å². The molecule has 2 N–H and O–H groups in total. The summed E-state index contributed by atoms with van der Waals surface area (Å²) in [5.41, 5.74) is 1.42. The third-order valence-electron chi connectivity index (χ3n) is 3.12. The average molecular weight is 284 g/mol. The lowest BCUT2D eigenvalue weighted by Crippen LogP contribution is -2.23. The molecule has 0 aliphatic rings. The van der Waals surface area contributed by atoms with Gasteiger partial charge < -0.3 is 15.5 Å². The van der Waals surface area contributed by atoms with E-state index in [1.807, 2.05) is 42.5 Å². The van der Waals surface area contributed by atoms with Crippen molar-refractivity contribution in [3.8, 4) is 0 Å². The van der Waals surface area contributed by atoms with Crippen LogP contribution in [0.25, 0.3) is 0 Å². The molecule has 1 heterocycles. The first kappa shape index (κ1) is 14.8. The van der Waals surface area contributed by atoms with E-state index in [4.69, 9.17) is 0 Å². The summed E-state index contributed by atoms with van der Waals surface area (Å²) in [6.07, 6.45) is 1.66. The van der Waals surface area contributed by atoms with E-state index in [-0.39, 0.29) is 6.03 Å². The third-order valence-corrected chi connectivity index (χ3v) is 3.12. The molecule has 1 aromatic carbocycles. The van der Waals surface area contributed by atoms with Crippen molar-refractivity contribution in [1.82, 2.24) is 4.98 Å². The Morgan fingerprint density at radius 1 is 1.00 bits per heavy atom. The number of nitrogens with one attached hydrogen (secondary N) is 2. The minimum Gasteiger partial charge on any atom is -0.357 e. The van der Waals surface area contributed by atoms with E-state index >= 15 is 0 Å². The molecule has 5 heteroatoms. The molecule has 0 fully saturated rings. The van der Waals surface area contributed by atoms with Crippen LogP contribution in [-0.4, -0.2) is 24.1 Å². The maximum Gasteiger partial charge on any atom is 0.323 e. The number of rotatable bonds is 5. The minimum absolute atomic E-state index is 0.279. The Bertz CT molecular complexity index is 565. The SMILES string of the molecule is CCN(CC)c1ccc(NC(=O)Nc2ccccc2)cn1. The number of benzene rings is 1. The first-order chi connectivity index (χ1) is 10.2. The van der Waals surface area contributed by atoms with Crippen LogP contribution < -0.4 is 15.5 Å². The second-order valence-corrected chi connectivity index (χ2v) is 4.52. The van der Waals surface area contributed by atoms with Gasteiger partial charge in [0.15, 0.2) is 0 Å². The number of urea groups is 1. The summed E-state index contributed by atoms with van der Waals surface area (Å²) in [7, 11) is 0. The van der Waals surface area contributed by atoms with Gasteiger partial charge in [-0.2, -0.15) is 0 Å². The van der Waals surface area contributed by atoms with Crippen LogP contribution in [0.5, 0.6) is 0 Å². The molecule has 21 heavy (non-hydrogen) atoms. The van der Waals surface area contributed by atoms with E-state index < -0.39 is 0 Å². The Hall–Kier alpha value is -2.56. The van der Waals surface area contributed by atoms with Gasteiger partial charge in [0.05, 0.1) is 11.9 Å². The molecule has 0 aliphatic heterocycles. The van der Waals surface area contributed by atoms with Gasteiger partial charge in [0.1, 0.15) is 5.82 Å². The number of hydrogen-bond acceptors (Lipinski definition) is 3. The summed E-state index contributed by atoms with van der Waals surface area (Å²) in [6, 6.07) is 12.8. The van der Waals surface area contributed by atoms with E-state index in [0.717, 1.165) is 24.6 Å². The van der Waals surface area contributed by atoms with E-state index in [1.165, 1.54) is 0 Å². The molecule has 0 saturated heterocycles. The van der Waals surface area contributed by atoms with E-state index in [9.17, 15) is 4.79 Å². The summed E-state index contributed by atoms with van der Waals surface area (Å²) < 4.78 is 0. The van der Waals surface area contributed by atoms with Gasteiger partial charge in [0.25, 0.3) is 0 Å². The number of amides is 2. The van der Waals surface area contributed by atoms with Crippen LogP contribution in [0.4, 0.5) is 22.0 Å². The lowest BCUT2D eigenvalue weighted by molar-refractivity contribution is 0.262. The van der Waals surface area contributed by atoms with Crippen molar-refractivity contribution >= 4 is 23.2 Å².